The third kappa shape index (κ3) is 3.02. The van der Waals surface area contributed by atoms with Crippen LogP contribution in [0.3, 0.4) is 0 Å². The summed E-state index contributed by atoms with van der Waals surface area (Å²) in [6.45, 7) is 1.76. The quantitative estimate of drug-likeness (QED) is 0.691. The van der Waals surface area contributed by atoms with E-state index in [2.05, 4.69) is 20.3 Å². The number of carbonyl (C=O) groups is 2. The molecule has 4 atom stereocenters. The maximum Gasteiger partial charge on any atom is 0.229 e. The molecule has 0 unspecified atom stereocenters. The Morgan fingerprint density at radius 1 is 1.45 bits per heavy atom. The van der Waals surface area contributed by atoms with Crippen molar-refractivity contribution in [2.75, 3.05) is 19.6 Å². The van der Waals surface area contributed by atoms with Gasteiger partial charge in [0.1, 0.15) is 10.7 Å². The van der Waals surface area contributed by atoms with Gasteiger partial charge in [-0.2, -0.15) is 0 Å². The molecule has 0 radical (unpaired) electrons. The van der Waals surface area contributed by atoms with Crippen molar-refractivity contribution in [3.8, 4) is 10.7 Å². The van der Waals surface area contributed by atoms with Gasteiger partial charge in [-0.3, -0.25) is 19.6 Å². The summed E-state index contributed by atoms with van der Waals surface area (Å²) in [4.78, 5) is 40.5. The minimum atomic E-state index is -0.515. The normalized spacial score (nSPS) is 30.0. The fourth-order valence-electron chi connectivity index (χ4n) is 4.90. The Kier molecular flexibility index (Phi) is 4.56. The maximum atomic E-state index is 13.0. The Morgan fingerprint density at radius 3 is 3.14 bits per heavy atom. The van der Waals surface area contributed by atoms with Gasteiger partial charge >= 0.3 is 0 Å². The van der Waals surface area contributed by atoms with Crippen molar-refractivity contribution in [3.63, 3.8) is 0 Å². The number of amides is 2. The lowest BCUT2D eigenvalue weighted by Crippen LogP contribution is -2.45. The van der Waals surface area contributed by atoms with Crippen LogP contribution in [0.1, 0.15) is 18.5 Å². The van der Waals surface area contributed by atoms with E-state index in [1.807, 2.05) is 5.38 Å². The molecule has 3 fully saturated rings. The molecule has 29 heavy (non-hydrogen) atoms. The second kappa shape index (κ2) is 7.12. The van der Waals surface area contributed by atoms with Gasteiger partial charge in [0.05, 0.1) is 48.5 Å². The molecule has 0 saturated carbocycles. The van der Waals surface area contributed by atoms with Crippen molar-refractivity contribution in [2.24, 2.45) is 17.6 Å². The van der Waals surface area contributed by atoms with Crippen LogP contribution in [-0.4, -0.2) is 63.0 Å². The summed E-state index contributed by atoms with van der Waals surface area (Å²) in [5, 5.41) is 5.61. The smallest absolute Gasteiger partial charge is 0.229 e. The van der Waals surface area contributed by atoms with Crippen LogP contribution >= 0.6 is 11.3 Å². The second-order valence-corrected chi connectivity index (χ2v) is 8.62. The fourth-order valence-corrected chi connectivity index (χ4v) is 5.68. The van der Waals surface area contributed by atoms with E-state index in [-0.39, 0.29) is 17.9 Å². The first kappa shape index (κ1) is 18.6. The number of hydrogen-bond acceptors (Lipinski definition) is 8. The Bertz CT molecular complexity index is 937. The van der Waals surface area contributed by atoms with Crippen molar-refractivity contribution >= 4 is 23.2 Å². The average molecular weight is 414 g/mol. The highest BCUT2D eigenvalue weighted by atomic mass is 32.1. The first-order valence-corrected chi connectivity index (χ1v) is 10.6. The molecular formula is C19H22N6O3S. The molecule has 1 spiro atoms. The zero-order valence-corrected chi connectivity index (χ0v) is 16.6. The van der Waals surface area contributed by atoms with E-state index >= 15 is 0 Å². The van der Waals surface area contributed by atoms with E-state index in [9.17, 15) is 9.59 Å². The number of ether oxygens (including phenoxy) is 1. The number of aromatic nitrogens is 3. The van der Waals surface area contributed by atoms with Crippen molar-refractivity contribution in [1.82, 2.24) is 25.2 Å². The van der Waals surface area contributed by atoms with Crippen molar-refractivity contribution in [2.45, 2.75) is 31.1 Å². The largest absolute Gasteiger partial charge is 0.368 e. The van der Waals surface area contributed by atoms with E-state index < -0.39 is 17.4 Å². The summed E-state index contributed by atoms with van der Waals surface area (Å²) in [7, 11) is 0. The van der Waals surface area contributed by atoms with Crippen LogP contribution in [-0.2, 0) is 20.9 Å². The molecule has 10 heteroatoms. The Hall–Kier alpha value is -2.43. The summed E-state index contributed by atoms with van der Waals surface area (Å²) >= 11 is 1.46. The predicted octanol–water partition coefficient (Wildman–Crippen LogP) is 0.181. The number of thiazole rings is 1. The first-order chi connectivity index (χ1) is 14.1. The van der Waals surface area contributed by atoms with Gasteiger partial charge in [-0.15, -0.1) is 11.3 Å². The molecule has 2 amide bonds. The van der Waals surface area contributed by atoms with Gasteiger partial charge in [-0.05, 0) is 12.8 Å². The minimum Gasteiger partial charge on any atom is -0.368 e. The van der Waals surface area contributed by atoms with Crippen LogP contribution in [0.4, 0.5) is 0 Å². The van der Waals surface area contributed by atoms with Crippen LogP contribution in [0.5, 0.6) is 0 Å². The number of likely N-dealkylation sites (tertiary alicyclic amines) is 1. The standard InChI is InChI=1S/C19H22N6O3S/c20-3-6-25-10-19-2-1-13(28-19)14(15(19)18(25)27)16(26)23-7-11-9-29-17(24-11)12-8-21-4-5-22-12/h4-5,8-9,13-15H,1-3,6-7,10,20H2,(H,23,26)/t13-,14-,15+,19-/m0/s1. The van der Waals surface area contributed by atoms with Crippen LogP contribution in [0.15, 0.2) is 24.0 Å². The molecule has 3 N–H and O–H groups in total. The third-order valence-electron chi connectivity index (χ3n) is 6.08. The lowest BCUT2D eigenvalue weighted by Gasteiger charge is -2.26. The van der Waals surface area contributed by atoms with Crippen LogP contribution < -0.4 is 11.1 Å². The van der Waals surface area contributed by atoms with Crippen molar-refractivity contribution < 1.29 is 14.3 Å². The SMILES string of the molecule is NCCN1C[C@]23CC[C@H](O2)[C@H](C(=O)NCc2csc(-c4cnccn4)n2)[C@@H]3C1=O. The number of rotatable bonds is 6. The summed E-state index contributed by atoms with van der Waals surface area (Å²) < 4.78 is 6.19. The highest BCUT2D eigenvalue weighted by Gasteiger charge is 2.68. The Balaban J connectivity index is 1.27. The number of nitrogens with two attached hydrogens (primary N) is 1. The second-order valence-electron chi connectivity index (χ2n) is 7.76. The van der Waals surface area contributed by atoms with E-state index in [4.69, 9.17) is 10.5 Å². The lowest BCUT2D eigenvalue weighted by molar-refractivity contribution is -0.138. The maximum absolute atomic E-state index is 13.0. The summed E-state index contributed by atoms with van der Waals surface area (Å²) in [5.41, 5.74) is 6.58. The van der Waals surface area contributed by atoms with Gasteiger partial charge in [0, 0.05) is 30.9 Å². The molecule has 3 aliphatic heterocycles. The molecule has 152 valence electrons. The summed E-state index contributed by atoms with van der Waals surface area (Å²) in [6.07, 6.45) is 6.34. The highest BCUT2D eigenvalue weighted by molar-refractivity contribution is 7.13. The predicted molar refractivity (Wildman–Crippen MR) is 104 cm³/mol. The van der Waals surface area contributed by atoms with Gasteiger partial charge in [-0.25, -0.2) is 4.98 Å². The van der Waals surface area contributed by atoms with Crippen molar-refractivity contribution in [3.05, 3.63) is 29.7 Å². The monoisotopic (exact) mass is 414 g/mol. The van der Waals surface area contributed by atoms with Gasteiger partial charge in [-0.1, -0.05) is 0 Å². The molecule has 9 nitrogen and oxygen atoms in total. The number of nitrogens with zero attached hydrogens (tertiary/aromatic N) is 4. The average Bonchev–Trinajstić information content (AvgIpc) is 3.49. The van der Waals surface area contributed by atoms with Crippen LogP contribution in [0, 0.1) is 11.8 Å². The molecule has 2 aromatic heterocycles. The number of hydrogen-bond donors (Lipinski definition) is 2. The molecule has 3 saturated heterocycles. The Labute approximate surface area is 171 Å². The topological polar surface area (TPSA) is 123 Å². The Morgan fingerprint density at radius 2 is 2.34 bits per heavy atom. The lowest BCUT2D eigenvalue weighted by atomic mass is 9.73. The summed E-state index contributed by atoms with van der Waals surface area (Å²) in [5.74, 6) is -0.995. The van der Waals surface area contributed by atoms with Gasteiger partial charge in [0.15, 0.2) is 0 Å². The van der Waals surface area contributed by atoms with E-state index in [1.165, 1.54) is 11.3 Å². The minimum absolute atomic E-state index is 0.00334. The molecule has 5 rings (SSSR count). The molecule has 5 heterocycles. The van der Waals surface area contributed by atoms with Crippen LogP contribution in [0.2, 0.25) is 0 Å². The molecule has 0 aliphatic carbocycles. The van der Waals surface area contributed by atoms with Gasteiger partial charge < -0.3 is 20.7 Å². The third-order valence-corrected chi connectivity index (χ3v) is 6.99. The van der Waals surface area contributed by atoms with E-state index in [0.717, 1.165) is 23.5 Å². The van der Waals surface area contributed by atoms with Crippen LogP contribution in [0.25, 0.3) is 10.7 Å². The molecular weight excluding hydrogens is 392 g/mol. The molecule has 2 aromatic rings. The first-order valence-electron chi connectivity index (χ1n) is 9.76. The summed E-state index contributed by atoms with van der Waals surface area (Å²) in [6, 6.07) is 0. The van der Waals surface area contributed by atoms with Crippen molar-refractivity contribution in [1.29, 1.82) is 0 Å². The number of nitrogens with one attached hydrogen (secondary N) is 1. The molecule has 3 aliphatic rings. The zero-order valence-electron chi connectivity index (χ0n) is 15.8. The fraction of sp³-hybridized carbons (Fsp3) is 0.526. The number of carbonyl (C=O) groups excluding carboxylic acids is 2. The molecule has 2 bridgehead atoms. The highest BCUT2D eigenvalue weighted by Crippen LogP contribution is 2.55. The zero-order chi connectivity index (χ0) is 20.0. The van der Waals surface area contributed by atoms with Gasteiger partial charge in [0.2, 0.25) is 11.8 Å². The molecule has 0 aromatic carbocycles. The van der Waals surface area contributed by atoms with E-state index in [0.29, 0.717) is 31.9 Å². The van der Waals surface area contributed by atoms with E-state index in [1.54, 1.807) is 23.5 Å². The van der Waals surface area contributed by atoms with Gasteiger partial charge in [0.25, 0.3) is 0 Å². The number of fused-ring (bicyclic) bond motifs is 1.